The maximum Gasteiger partial charge on any atom is 0.129 e. The van der Waals surface area contributed by atoms with E-state index in [4.69, 9.17) is 16.0 Å². The van der Waals surface area contributed by atoms with Gasteiger partial charge in [0.25, 0.3) is 0 Å². The summed E-state index contributed by atoms with van der Waals surface area (Å²) in [5.41, 5.74) is 1.85. The van der Waals surface area contributed by atoms with Crippen LogP contribution >= 0.6 is 11.6 Å². The lowest BCUT2D eigenvalue weighted by atomic mass is 10.2. The Morgan fingerprint density at radius 1 is 1.38 bits per heavy atom. The van der Waals surface area contributed by atoms with E-state index in [-0.39, 0.29) is 6.04 Å². The fourth-order valence-corrected chi connectivity index (χ4v) is 1.71. The summed E-state index contributed by atoms with van der Waals surface area (Å²) in [6.45, 7) is 3.95. The zero-order valence-electron chi connectivity index (χ0n) is 9.20. The van der Waals surface area contributed by atoms with Crippen molar-refractivity contribution in [2.24, 2.45) is 0 Å². The van der Waals surface area contributed by atoms with Crippen LogP contribution in [-0.4, -0.2) is 4.98 Å². The first-order valence-electron chi connectivity index (χ1n) is 5.10. The molecule has 0 aliphatic rings. The lowest BCUT2D eigenvalue weighted by molar-refractivity contribution is 0.490. The van der Waals surface area contributed by atoms with E-state index >= 15 is 0 Å². The second kappa shape index (κ2) is 4.58. The topological polar surface area (TPSA) is 38.1 Å². The van der Waals surface area contributed by atoms with E-state index in [0.717, 1.165) is 17.1 Å². The van der Waals surface area contributed by atoms with Crippen LogP contribution in [-0.2, 0) is 0 Å². The highest BCUT2D eigenvalue weighted by Crippen LogP contribution is 2.22. The van der Waals surface area contributed by atoms with E-state index in [9.17, 15) is 0 Å². The highest BCUT2D eigenvalue weighted by Gasteiger charge is 2.09. The van der Waals surface area contributed by atoms with Gasteiger partial charge in [0, 0.05) is 0 Å². The van der Waals surface area contributed by atoms with Gasteiger partial charge in [-0.05, 0) is 38.1 Å². The molecule has 0 spiro atoms. The number of hydrogen-bond donors (Lipinski definition) is 1. The van der Waals surface area contributed by atoms with Crippen LogP contribution in [0, 0.1) is 6.92 Å². The van der Waals surface area contributed by atoms with Crippen LogP contribution in [0.1, 0.15) is 24.4 Å². The van der Waals surface area contributed by atoms with Gasteiger partial charge in [-0.2, -0.15) is 0 Å². The zero-order valence-corrected chi connectivity index (χ0v) is 9.95. The molecule has 16 heavy (non-hydrogen) atoms. The molecule has 0 radical (unpaired) electrons. The first-order chi connectivity index (χ1) is 7.66. The molecule has 2 aromatic rings. The largest absolute Gasteiger partial charge is 0.467 e. The van der Waals surface area contributed by atoms with Crippen molar-refractivity contribution < 1.29 is 4.42 Å². The van der Waals surface area contributed by atoms with Crippen molar-refractivity contribution in [1.82, 2.24) is 4.98 Å². The molecule has 3 nitrogen and oxygen atoms in total. The Morgan fingerprint density at radius 3 is 2.81 bits per heavy atom. The molecule has 0 saturated heterocycles. The normalized spacial score (nSPS) is 12.4. The molecule has 0 saturated carbocycles. The molecule has 4 heteroatoms. The average molecular weight is 237 g/mol. The summed E-state index contributed by atoms with van der Waals surface area (Å²) in [7, 11) is 0. The van der Waals surface area contributed by atoms with Crippen LogP contribution in [0.4, 0.5) is 5.69 Å². The summed E-state index contributed by atoms with van der Waals surface area (Å²) in [6.07, 6.45) is 1.67. The first-order valence-corrected chi connectivity index (χ1v) is 5.47. The molecule has 0 bridgehead atoms. The van der Waals surface area contributed by atoms with E-state index in [0.29, 0.717) is 5.15 Å². The summed E-state index contributed by atoms with van der Waals surface area (Å²) in [5, 5.41) is 3.83. The molecule has 2 heterocycles. The predicted octanol–water partition coefficient (Wildman–Crippen LogP) is 3.81. The molecule has 1 unspecified atom stereocenters. The number of anilines is 1. The highest BCUT2D eigenvalue weighted by atomic mass is 35.5. The van der Waals surface area contributed by atoms with E-state index in [1.807, 2.05) is 32.0 Å². The Hall–Kier alpha value is -1.48. The quantitative estimate of drug-likeness (QED) is 0.824. The SMILES string of the molecule is Cc1nc(Cl)ccc1NC(C)c1ccco1. The molecule has 2 aromatic heterocycles. The standard InChI is InChI=1S/C12H13ClN2O/c1-8-10(5-6-12(13)15-8)14-9(2)11-4-3-7-16-11/h3-7,9,14H,1-2H3. The molecule has 2 rings (SSSR count). The van der Waals surface area contributed by atoms with Gasteiger partial charge >= 0.3 is 0 Å². The number of aromatic nitrogens is 1. The molecule has 0 aromatic carbocycles. The fourth-order valence-electron chi connectivity index (χ4n) is 1.53. The second-order valence-corrected chi connectivity index (χ2v) is 4.04. The number of aryl methyl sites for hydroxylation is 1. The van der Waals surface area contributed by atoms with Gasteiger partial charge in [-0.3, -0.25) is 0 Å². The number of halogens is 1. The Kier molecular flexibility index (Phi) is 3.15. The van der Waals surface area contributed by atoms with Crippen LogP contribution in [0.2, 0.25) is 5.15 Å². The molecular formula is C12H13ClN2O. The van der Waals surface area contributed by atoms with Crippen LogP contribution in [0.3, 0.4) is 0 Å². The molecule has 1 N–H and O–H groups in total. The molecule has 84 valence electrons. The van der Waals surface area contributed by atoms with Crippen LogP contribution in [0.15, 0.2) is 34.9 Å². The van der Waals surface area contributed by atoms with Crippen molar-refractivity contribution in [2.45, 2.75) is 19.9 Å². The van der Waals surface area contributed by atoms with E-state index in [1.54, 1.807) is 12.3 Å². The Morgan fingerprint density at radius 2 is 2.19 bits per heavy atom. The smallest absolute Gasteiger partial charge is 0.129 e. The Labute approximate surface area is 99.5 Å². The predicted molar refractivity (Wildman–Crippen MR) is 64.7 cm³/mol. The minimum absolute atomic E-state index is 0.108. The average Bonchev–Trinajstić information content (AvgIpc) is 2.75. The fraction of sp³-hybridized carbons (Fsp3) is 0.250. The Bertz CT molecular complexity index is 468. The number of pyridine rings is 1. The zero-order chi connectivity index (χ0) is 11.5. The third kappa shape index (κ3) is 2.36. The van der Waals surface area contributed by atoms with Gasteiger partial charge in [-0.25, -0.2) is 4.98 Å². The van der Waals surface area contributed by atoms with Gasteiger partial charge in [-0.15, -0.1) is 0 Å². The third-order valence-corrected chi connectivity index (χ3v) is 2.60. The van der Waals surface area contributed by atoms with Crippen molar-refractivity contribution in [3.05, 3.63) is 47.1 Å². The highest BCUT2D eigenvalue weighted by molar-refractivity contribution is 6.29. The molecular weight excluding hydrogens is 224 g/mol. The number of rotatable bonds is 3. The molecule has 0 aliphatic heterocycles. The number of hydrogen-bond acceptors (Lipinski definition) is 3. The molecule has 0 amide bonds. The van der Waals surface area contributed by atoms with Crippen LogP contribution in [0.25, 0.3) is 0 Å². The van der Waals surface area contributed by atoms with E-state index < -0.39 is 0 Å². The van der Waals surface area contributed by atoms with Crippen molar-refractivity contribution >= 4 is 17.3 Å². The summed E-state index contributed by atoms with van der Waals surface area (Å²) in [4.78, 5) is 4.18. The van der Waals surface area contributed by atoms with Gasteiger partial charge in [-0.1, -0.05) is 11.6 Å². The minimum Gasteiger partial charge on any atom is -0.467 e. The van der Waals surface area contributed by atoms with Crippen molar-refractivity contribution in [3.8, 4) is 0 Å². The summed E-state index contributed by atoms with van der Waals surface area (Å²) < 4.78 is 5.32. The first kappa shape index (κ1) is 11.0. The van der Waals surface area contributed by atoms with Crippen LogP contribution in [0.5, 0.6) is 0 Å². The van der Waals surface area contributed by atoms with E-state index in [1.165, 1.54) is 0 Å². The van der Waals surface area contributed by atoms with Crippen molar-refractivity contribution in [1.29, 1.82) is 0 Å². The molecule has 1 atom stereocenters. The van der Waals surface area contributed by atoms with Gasteiger partial charge in [0.15, 0.2) is 0 Å². The summed E-state index contributed by atoms with van der Waals surface area (Å²) in [5.74, 6) is 0.898. The lowest BCUT2D eigenvalue weighted by Gasteiger charge is -2.14. The second-order valence-electron chi connectivity index (χ2n) is 3.65. The maximum absolute atomic E-state index is 5.80. The van der Waals surface area contributed by atoms with Gasteiger partial charge in [0.2, 0.25) is 0 Å². The minimum atomic E-state index is 0.108. The third-order valence-electron chi connectivity index (χ3n) is 2.39. The molecule has 0 aliphatic carbocycles. The Balaban J connectivity index is 2.15. The lowest BCUT2D eigenvalue weighted by Crippen LogP contribution is -2.07. The maximum atomic E-state index is 5.80. The van der Waals surface area contributed by atoms with Crippen LogP contribution < -0.4 is 5.32 Å². The number of furan rings is 1. The van der Waals surface area contributed by atoms with Gasteiger partial charge in [0.1, 0.15) is 10.9 Å². The van der Waals surface area contributed by atoms with E-state index in [2.05, 4.69) is 10.3 Å². The number of nitrogens with one attached hydrogen (secondary N) is 1. The summed E-state index contributed by atoms with van der Waals surface area (Å²) in [6, 6.07) is 7.61. The monoisotopic (exact) mass is 236 g/mol. The summed E-state index contributed by atoms with van der Waals surface area (Å²) >= 11 is 5.80. The van der Waals surface area contributed by atoms with Gasteiger partial charge in [0.05, 0.1) is 23.7 Å². The number of nitrogens with zero attached hydrogens (tertiary/aromatic N) is 1. The molecule has 0 fully saturated rings. The van der Waals surface area contributed by atoms with Crippen molar-refractivity contribution in [3.63, 3.8) is 0 Å². The van der Waals surface area contributed by atoms with Gasteiger partial charge < -0.3 is 9.73 Å². The van der Waals surface area contributed by atoms with Crippen molar-refractivity contribution in [2.75, 3.05) is 5.32 Å².